The third kappa shape index (κ3) is 2.96. The van der Waals surface area contributed by atoms with Gasteiger partial charge in [-0.2, -0.15) is 0 Å². The van der Waals surface area contributed by atoms with Crippen molar-refractivity contribution in [2.75, 3.05) is 7.05 Å². The van der Waals surface area contributed by atoms with Gasteiger partial charge in [-0.3, -0.25) is 0 Å². The average Bonchev–Trinajstić information content (AvgIpc) is 2.95. The summed E-state index contributed by atoms with van der Waals surface area (Å²) in [5, 5.41) is 5.45. The van der Waals surface area contributed by atoms with Crippen LogP contribution in [0.3, 0.4) is 0 Å². The van der Waals surface area contributed by atoms with Crippen LogP contribution in [-0.4, -0.2) is 7.05 Å². The van der Waals surface area contributed by atoms with Crippen LogP contribution in [0.4, 0.5) is 0 Å². The topological polar surface area (TPSA) is 34.4 Å². The molecule has 1 N–H and O–H groups in total. The lowest BCUT2D eigenvalue weighted by atomic mass is 10.1. The monoisotopic (exact) mass is 345 g/mol. The number of rotatable bonds is 5. The number of furan rings is 1. The third-order valence-electron chi connectivity index (χ3n) is 3.39. The fraction of sp³-hybridized carbons (Fsp3) is 0.176. The molecule has 0 aliphatic rings. The molecule has 1 aromatic heterocycles. The van der Waals surface area contributed by atoms with E-state index in [4.69, 9.17) is 9.15 Å². The van der Waals surface area contributed by atoms with Crippen molar-refractivity contribution in [1.82, 2.24) is 5.32 Å². The molecule has 4 heteroatoms. The number of hydrogen-bond acceptors (Lipinski definition) is 3. The van der Waals surface area contributed by atoms with E-state index in [-0.39, 0.29) is 0 Å². The molecular formula is C17H16BrNO2. The first-order valence-corrected chi connectivity index (χ1v) is 7.59. The molecule has 2 aromatic carbocycles. The van der Waals surface area contributed by atoms with E-state index in [1.54, 1.807) is 6.26 Å². The average molecular weight is 346 g/mol. The zero-order valence-corrected chi connectivity index (χ0v) is 13.3. The number of benzene rings is 2. The fourth-order valence-electron chi connectivity index (χ4n) is 2.31. The quantitative estimate of drug-likeness (QED) is 0.739. The molecule has 0 saturated heterocycles. The van der Waals surface area contributed by atoms with Gasteiger partial charge in [0, 0.05) is 12.1 Å². The maximum atomic E-state index is 5.91. The van der Waals surface area contributed by atoms with Crippen LogP contribution in [0.2, 0.25) is 0 Å². The Hall–Kier alpha value is -1.78. The summed E-state index contributed by atoms with van der Waals surface area (Å²) in [4.78, 5) is 0. The van der Waals surface area contributed by atoms with Gasteiger partial charge >= 0.3 is 0 Å². The highest BCUT2D eigenvalue weighted by Gasteiger charge is 2.09. The smallest absolute Gasteiger partial charge is 0.146 e. The summed E-state index contributed by atoms with van der Waals surface area (Å²) in [6.45, 7) is 1.19. The summed E-state index contributed by atoms with van der Waals surface area (Å²) < 4.78 is 12.4. The highest BCUT2D eigenvalue weighted by Crippen LogP contribution is 2.33. The minimum absolute atomic E-state index is 0.418. The Balaban J connectivity index is 1.82. The summed E-state index contributed by atoms with van der Waals surface area (Å²) in [5.74, 6) is 1.67. The lowest BCUT2D eigenvalue weighted by Gasteiger charge is -2.10. The Bertz CT molecular complexity index is 751. The Morgan fingerprint density at radius 3 is 2.86 bits per heavy atom. The van der Waals surface area contributed by atoms with E-state index in [9.17, 15) is 0 Å². The first-order chi connectivity index (χ1) is 10.3. The fourth-order valence-corrected chi connectivity index (χ4v) is 2.92. The van der Waals surface area contributed by atoms with Crippen LogP contribution in [0.5, 0.6) is 5.75 Å². The molecule has 3 aromatic rings. The second-order valence-electron chi connectivity index (χ2n) is 4.79. The van der Waals surface area contributed by atoms with Crippen molar-refractivity contribution in [3.8, 4) is 5.75 Å². The summed E-state index contributed by atoms with van der Waals surface area (Å²) in [7, 11) is 1.91. The van der Waals surface area contributed by atoms with Crippen LogP contribution in [0.15, 0.2) is 57.6 Å². The van der Waals surface area contributed by atoms with Crippen LogP contribution < -0.4 is 10.1 Å². The summed E-state index contributed by atoms with van der Waals surface area (Å²) in [6.07, 6.45) is 1.70. The van der Waals surface area contributed by atoms with Crippen molar-refractivity contribution in [3.63, 3.8) is 0 Å². The van der Waals surface area contributed by atoms with Crippen molar-refractivity contribution in [2.45, 2.75) is 13.2 Å². The first-order valence-electron chi connectivity index (χ1n) is 6.79. The van der Waals surface area contributed by atoms with Crippen LogP contribution >= 0.6 is 15.9 Å². The largest absolute Gasteiger partial charge is 0.484 e. The summed E-state index contributed by atoms with van der Waals surface area (Å²) in [6, 6.07) is 14.2. The predicted molar refractivity (Wildman–Crippen MR) is 87.5 cm³/mol. The Morgan fingerprint density at radius 2 is 2.00 bits per heavy atom. The summed E-state index contributed by atoms with van der Waals surface area (Å²) in [5.41, 5.74) is 1.12. The highest BCUT2D eigenvalue weighted by molar-refractivity contribution is 9.10. The van der Waals surface area contributed by atoms with E-state index in [0.29, 0.717) is 6.61 Å². The SMILES string of the molecule is CNCc1ccoc1COc1ccc2ccccc2c1Br. The molecule has 0 bridgehead atoms. The molecule has 3 nitrogen and oxygen atoms in total. The second kappa shape index (κ2) is 6.33. The third-order valence-corrected chi connectivity index (χ3v) is 4.21. The van der Waals surface area contributed by atoms with Crippen molar-refractivity contribution in [1.29, 1.82) is 0 Å². The molecule has 108 valence electrons. The number of fused-ring (bicyclic) bond motifs is 1. The van der Waals surface area contributed by atoms with E-state index < -0.39 is 0 Å². The molecule has 0 spiro atoms. The maximum absolute atomic E-state index is 5.91. The molecule has 21 heavy (non-hydrogen) atoms. The lowest BCUT2D eigenvalue weighted by molar-refractivity contribution is 0.267. The molecule has 3 rings (SSSR count). The highest BCUT2D eigenvalue weighted by atomic mass is 79.9. The molecule has 0 fully saturated rings. The van der Waals surface area contributed by atoms with Crippen molar-refractivity contribution in [3.05, 3.63) is 64.5 Å². The number of ether oxygens (including phenoxy) is 1. The van der Waals surface area contributed by atoms with Gasteiger partial charge in [-0.25, -0.2) is 0 Å². The summed E-state index contributed by atoms with van der Waals surface area (Å²) >= 11 is 3.63. The maximum Gasteiger partial charge on any atom is 0.146 e. The van der Waals surface area contributed by atoms with E-state index in [1.807, 2.05) is 31.3 Å². The minimum Gasteiger partial charge on any atom is -0.484 e. The Morgan fingerprint density at radius 1 is 1.14 bits per heavy atom. The van der Waals surface area contributed by atoms with Crippen LogP contribution in [-0.2, 0) is 13.2 Å². The predicted octanol–water partition coefficient (Wildman–Crippen LogP) is 4.49. The van der Waals surface area contributed by atoms with Gasteiger partial charge < -0.3 is 14.5 Å². The molecule has 0 aliphatic carbocycles. The van der Waals surface area contributed by atoms with Gasteiger partial charge in [0.2, 0.25) is 0 Å². The number of halogens is 1. The second-order valence-corrected chi connectivity index (χ2v) is 5.58. The number of nitrogens with one attached hydrogen (secondary N) is 1. The molecule has 0 radical (unpaired) electrons. The van der Waals surface area contributed by atoms with Gasteiger partial charge in [0.15, 0.2) is 0 Å². The van der Waals surface area contributed by atoms with Gasteiger partial charge in [0.05, 0.1) is 10.7 Å². The van der Waals surface area contributed by atoms with Gasteiger partial charge in [0.25, 0.3) is 0 Å². The zero-order chi connectivity index (χ0) is 14.7. The molecular weight excluding hydrogens is 330 g/mol. The molecule has 0 aliphatic heterocycles. The molecule has 0 saturated carbocycles. The normalized spacial score (nSPS) is 11.0. The van der Waals surface area contributed by atoms with Crippen LogP contribution in [0.1, 0.15) is 11.3 Å². The van der Waals surface area contributed by atoms with E-state index in [1.165, 1.54) is 5.39 Å². The lowest BCUT2D eigenvalue weighted by Crippen LogP contribution is -2.07. The van der Waals surface area contributed by atoms with E-state index >= 15 is 0 Å². The minimum atomic E-state index is 0.418. The zero-order valence-electron chi connectivity index (χ0n) is 11.7. The van der Waals surface area contributed by atoms with Crippen molar-refractivity contribution < 1.29 is 9.15 Å². The first kappa shape index (κ1) is 14.2. The van der Waals surface area contributed by atoms with Crippen LogP contribution in [0, 0.1) is 0 Å². The van der Waals surface area contributed by atoms with E-state index in [2.05, 4.69) is 39.4 Å². The number of hydrogen-bond donors (Lipinski definition) is 1. The molecule has 1 heterocycles. The Kier molecular flexibility index (Phi) is 4.27. The van der Waals surface area contributed by atoms with Crippen molar-refractivity contribution >= 4 is 26.7 Å². The molecule has 0 amide bonds. The van der Waals surface area contributed by atoms with Gasteiger partial charge in [-0.15, -0.1) is 0 Å². The standard InChI is InChI=1S/C17H16BrNO2/c1-19-10-13-8-9-20-16(13)11-21-15-7-6-12-4-2-3-5-14(12)17(15)18/h2-9,19H,10-11H2,1H3. The Labute approximate surface area is 132 Å². The molecule has 0 unspecified atom stereocenters. The van der Waals surface area contributed by atoms with Gasteiger partial charge in [-0.05, 0) is 45.9 Å². The molecule has 0 atom stereocenters. The van der Waals surface area contributed by atoms with Crippen LogP contribution in [0.25, 0.3) is 10.8 Å². The van der Waals surface area contributed by atoms with Gasteiger partial charge in [0.1, 0.15) is 18.1 Å². The van der Waals surface area contributed by atoms with Crippen molar-refractivity contribution in [2.24, 2.45) is 0 Å². The van der Waals surface area contributed by atoms with Gasteiger partial charge in [-0.1, -0.05) is 30.3 Å². The van der Waals surface area contributed by atoms with E-state index in [0.717, 1.165) is 33.5 Å².